The normalized spacial score (nSPS) is 21.8. The predicted molar refractivity (Wildman–Crippen MR) is 70.4 cm³/mol. The molecular weight excluding hydrogens is 234 g/mol. The van der Waals surface area contributed by atoms with E-state index >= 15 is 0 Å². The van der Waals surface area contributed by atoms with E-state index < -0.39 is 0 Å². The van der Waals surface area contributed by atoms with Crippen LogP contribution in [0.25, 0.3) is 0 Å². The highest BCUT2D eigenvalue weighted by molar-refractivity contribution is 7.12. The molecule has 17 heavy (non-hydrogen) atoms. The maximum absolute atomic E-state index is 12.4. The molecule has 1 unspecified atom stereocenters. The fraction of sp³-hybridized carbons (Fsp3) is 0.583. The molecule has 2 rings (SSSR count). The predicted octanol–water partition coefficient (Wildman–Crippen LogP) is 0.771. The van der Waals surface area contributed by atoms with Gasteiger partial charge in [-0.3, -0.25) is 4.79 Å². The van der Waals surface area contributed by atoms with Crippen molar-refractivity contribution in [3.05, 3.63) is 21.9 Å². The summed E-state index contributed by atoms with van der Waals surface area (Å²) < 4.78 is 0. The lowest BCUT2D eigenvalue weighted by Gasteiger charge is -2.39. The van der Waals surface area contributed by atoms with Crippen LogP contribution in [0.1, 0.15) is 15.2 Å². The van der Waals surface area contributed by atoms with Gasteiger partial charge in [0.1, 0.15) is 0 Å². The number of aryl methyl sites for hydroxylation is 1. The van der Waals surface area contributed by atoms with Crippen LogP contribution in [0.4, 0.5) is 0 Å². The van der Waals surface area contributed by atoms with Crippen LogP contribution in [0.3, 0.4) is 0 Å². The molecule has 1 aromatic heterocycles. The molecule has 1 amide bonds. The topological polar surface area (TPSA) is 49.6 Å². The number of rotatable bonds is 2. The Kier molecular flexibility index (Phi) is 3.81. The maximum atomic E-state index is 12.4. The summed E-state index contributed by atoms with van der Waals surface area (Å²) in [7, 11) is 2.07. The van der Waals surface area contributed by atoms with Gasteiger partial charge in [-0.25, -0.2) is 0 Å². The summed E-state index contributed by atoms with van der Waals surface area (Å²) in [5, 5.41) is 1.97. The van der Waals surface area contributed by atoms with Gasteiger partial charge in [0.2, 0.25) is 0 Å². The van der Waals surface area contributed by atoms with Gasteiger partial charge in [-0.1, -0.05) is 0 Å². The second-order valence-corrected chi connectivity index (χ2v) is 5.50. The standard InChI is InChI=1S/C12H19N3OS/c1-9-3-6-17-11(9)12(16)15-5-4-14(2)8-10(15)7-13/h3,6,10H,4-5,7-8,13H2,1-2H3. The lowest BCUT2D eigenvalue weighted by molar-refractivity contribution is 0.0520. The Bertz CT molecular complexity index is 404. The Hall–Kier alpha value is -0.910. The van der Waals surface area contributed by atoms with Gasteiger partial charge in [-0.05, 0) is 31.0 Å². The highest BCUT2D eigenvalue weighted by Crippen LogP contribution is 2.20. The fourth-order valence-electron chi connectivity index (χ4n) is 2.20. The van der Waals surface area contributed by atoms with Gasteiger partial charge in [-0.2, -0.15) is 0 Å². The Morgan fingerprint density at radius 3 is 2.94 bits per heavy atom. The first-order valence-electron chi connectivity index (χ1n) is 5.87. The summed E-state index contributed by atoms with van der Waals surface area (Å²) in [6.07, 6.45) is 0. The minimum absolute atomic E-state index is 0.140. The smallest absolute Gasteiger partial charge is 0.264 e. The van der Waals surface area contributed by atoms with Crippen molar-refractivity contribution in [3.63, 3.8) is 0 Å². The molecule has 94 valence electrons. The van der Waals surface area contributed by atoms with Gasteiger partial charge in [0.05, 0.1) is 10.9 Å². The van der Waals surface area contributed by atoms with E-state index in [1.54, 1.807) is 0 Å². The monoisotopic (exact) mass is 253 g/mol. The van der Waals surface area contributed by atoms with E-state index in [9.17, 15) is 4.79 Å². The van der Waals surface area contributed by atoms with Gasteiger partial charge in [0.25, 0.3) is 5.91 Å². The van der Waals surface area contributed by atoms with Crippen molar-refractivity contribution in [2.24, 2.45) is 5.73 Å². The number of carbonyl (C=O) groups excluding carboxylic acids is 1. The van der Waals surface area contributed by atoms with E-state index in [-0.39, 0.29) is 11.9 Å². The summed E-state index contributed by atoms with van der Waals surface area (Å²) in [6, 6.07) is 2.13. The average Bonchev–Trinajstić information content (AvgIpc) is 2.74. The summed E-state index contributed by atoms with van der Waals surface area (Å²) in [5.41, 5.74) is 6.83. The van der Waals surface area contributed by atoms with Crippen LogP contribution >= 0.6 is 11.3 Å². The molecule has 0 saturated carbocycles. The molecule has 2 heterocycles. The third-order valence-corrected chi connectivity index (χ3v) is 4.28. The van der Waals surface area contributed by atoms with Crippen molar-refractivity contribution in [3.8, 4) is 0 Å². The molecule has 2 N–H and O–H groups in total. The molecular formula is C12H19N3OS. The third kappa shape index (κ3) is 2.51. The molecule has 0 aliphatic carbocycles. The number of nitrogens with zero attached hydrogens (tertiary/aromatic N) is 2. The quantitative estimate of drug-likeness (QED) is 0.847. The van der Waals surface area contributed by atoms with E-state index in [1.165, 1.54) is 11.3 Å². The molecule has 1 aliphatic rings. The number of likely N-dealkylation sites (N-methyl/N-ethyl adjacent to an activating group) is 1. The third-order valence-electron chi connectivity index (χ3n) is 3.28. The summed E-state index contributed by atoms with van der Waals surface area (Å²) in [4.78, 5) is 17.4. The average molecular weight is 253 g/mol. The largest absolute Gasteiger partial charge is 0.331 e. The van der Waals surface area contributed by atoms with Crippen LogP contribution < -0.4 is 5.73 Å². The lowest BCUT2D eigenvalue weighted by Crippen LogP contribution is -2.56. The summed E-state index contributed by atoms with van der Waals surface area (Å²) >= 11 is 1.52. The Morgan fingerprint density at radius 2 is 2.35 bits per heavy atom. The molecule has 0 radical (unpaired) electrons. The molecule has 1 saturated heterocycles. The SMILES string of the molecule is Cc1ccsc1C(=O)N1CCN(C)CC1CN. The van der Waals surface area contributed by atoms with Crippen molar-refractivity contribution >= 4 is 17.2 Å². The van der Waals surface area contributed by atoms with Gasteiger partial charge in [0, 0.05) is 26.2 Å². The molecule has 0 spiro atoms. The van der Waals surface area contributed by atoms with E-state index in [1.807, 2.05) is 23.3 Å². The lowest BCUT2D eigenvalue weighted by atomic mass is 10.1. The second kappa shape index (κ2) is 5.16. The van der Waals surface area contributed by atoms with Gasteiger partial charge < -0.3 is 15.5 Å². The minimum Gasteiger partial charge on any atom is -0.331 e. The van der Waals surface area contributed by atoms with Gasteiger partial charge >= 0.3 is 0 Å². The molecule has 0 aromatic carbocycles. The number of nitrogens with two attached hydrogens (primary N) is 1. The van der Waals surface area contributed by atoms with E-state index in [0.29, 0.717) is 6.54 Å². The summed E-state index contributed by atoms with van der Waals surface area (Å²) in [6.45, 7) is 5.08. The number of hydrogen-bond acceptors (Lipinski definition) is 4. The highest BCUT2D eigenvalue weighted by atomic mass is 32.1. The number of piperazine rings is 1. The highest BCUT2D eigenvalue weighted by Gasteiger charge is 2.29. The molecule has 1 atom stereocenters. The van der Waals surface area contributed by atoms with Crippen LogP contribution in [-0.2, 0) is 0 Å². The molecule has 5 heteroatoms. The molecule has 1 fully saturated rings. The van der Waals surface area contributed by atoms with E-state index in [0.717, 1.165) is 30.1 Å². The zero-order chi connectivity index (χ0) is 12.4. The van der Waals surface area contributed by atoms with Crippen LogP contribution in [0.5, 0.6) is 0 Å². The molecule has 0 bridgehead atoms. The molecule has 4 nitrogen and oxygen atoms in total. The van der Waals surface area contributed by atoms with Crippen LogP contribution in [0, 0.1) is 6.92 Å². The van der Waals surface area contributed by atoms with Crippen molar-refractivity contribution in [1.82, 2.24) is 9.80 Å². The van der Waals surface area contributed by atoms with Crippen molar-refractivity contribution in [2.75, 3.05) is 33.2 Å². The Balaban J connectivity index is 2.16. The minimum atomic E-state index is 0.140. The zero-order valence-corrected chi connectivity index (χ0v) is 11.2. The van der Waals surface area contributed by atoms with Crippen LogP contribution in [-0.4, -0.2) is 55.0 Å². The van der Waals surface area contributed by atoms with Gasteiger partial charge in [-0.15, -0.1) is 11.3 Å². The molecule has 1 aliphatic heterocycles. The Labute approximate surface area is 106 Å². The van der Waals surface area contributed by atoms with Crippen LogP contribution in [0.15, 0.2) is 11.4 Å². The first-order chi connectivity index (χ1) is 8.13. The molecule has 1 aromatic rings. The van der Waals surface area contributed by atoms with E-state index in [4.69, 9.17) is 5.73 Å². The number of thiophene rings is 1. The van der Waals surface area contributed by atoms with Crippen molar-refractivity contribution in [1.29, 1.82) is 0 Å². The van der Waals surface area contributed by atoms with Crippen molar-refractivity contribution in [2.45, 2.75) is 13.0 Å². The zero-order valence-electron chi connectivity index (χ0n) is 10.3. The van der Waals surface area contributed by atoms with Gasteiger partial charge in [0.15, 0.2) is 0 Å². The Morgan fingerprint density at radius 1 is 1.59 bits per heavy atom. The first-order valence-corrected chi connectivity index (χ1v) is 6.75. The number of hydrogen-bond donors (Lipinski definition) is 1. The number of amides is 1. The fourth-order valence-corrected chi connectivity index (χ4v) is 3.08. The first kappa shape index (κ1) is 12.5. The number of carbonyl (C=O) groups is 1. The second-order valence-electron chi connectivity index (χ2n) is 4.58. The van der Waals surface area contributed by atoms with Crippen LogP contribution in [0.2, 0.25) is 0 Å². The maximum Gasteiger partial charge on any atom is 0.264 e. The summed E-state index contributed by atoms with van der Waals surface area (Å²) in [5.74, 6) is 0.140. The van der Waals surface area contributed by atoms with Crippen molar-refractivity contribution < 1.29 is 4.79 Å². The van der Waals surface area contributed by atoms with E-state index in [2.05, 4.69) is 11.9 Å².